The maximum Gasteiger partial charge on any atom is 0.322 e. The third-order valence-corrected chi connectivity index (χ3v) is 4.94. The van der Waals surface area contributed by atoms with Crippen LogP contribution >= 0.6 is 11.8 Å². The van der Waals surface area contributed by atoms with Crippen LogP contribution in [0.3, 0.4) is 0 Å². The van der Waals surface area contributed by atoms with Crippen molar-refractivity contribution in [1.29, 1.82) is 0 Å². The van der Waals surface area contributed by atoms with Gasteiger partial charge in [-0.05, 0) is 19.1 Å². The van der Waals surface area contributed by atoms with E-state index >= 15 is 0 Å². The van der Waals surface area contributed by atoms with Gasteiger partial charge in [0, 0.05) is 5.75 Å². The number of nitrogens with one attached hydrogen (secondary N) is 1. The summed E-state index contributed by atoms with van der Waals surface area (Å²) in [6.07, 6.45) is 0. The molecule has 1 rings (SSSR count). The number of hydrogen-bond donors (Lipinski definition) is 3. The zero-order valence-electron chi connectivity index (χ0n) is 11.1. The van der Waals surface area contributed by atoms with Crippen LogP contribution in [0.25, 0.3) is 0 Å². The Morgan fingerprint density at radius 2 is 1.81 bits per heavy atom. The number of benzene rings is 1. The van der Waals surface area contributed by atoms with E-state index in [1.165, 1.54) is 12.1 Å². The molecule has 1 atom stereocenters. The molecule has 0 fully saturated rings. The van der Waals surface area contributed by atoms with Gasteiger partial charge in [-0.1, -0.05) is 17.7 Å². The highest BCUT2D eigenvalue weighted by Gasteiger charge is 2.25. The Kier molecular flexibility index (Phi) is 6.19. The molecule has 9 heteroatoms. The highest BCUT2D eigenvalue weighted by atomic mass is 32.2. The average Bonchev–Trinajstić information content (AvgIpc) is 2.37. The first kappa shape index (κ1) is 17.5. The van der Waals surface area contributed by atoms with E-state index < -0.39 is 28.0 Å². The summed E-state index contributed by atoms with van der Waals surface area (Å²) < 4.78 is 26.2. The molecule has 0 spiro atoms. The maximum absolute atomic E-state index is 12.1. The van der Waals surface area contributed by atoms with Gasteiger partial charge in [-0.25, -0.2) is 8.42 Å². The second-order valence-electron chi connectivity index (χ2n) is 4.23. The fourth-order valence-corrected chi connectivity index (χ4v) is 3.44. The van der Waals surface area contributed by atoms with Crippen molar-refractivity contribution in [2.75, 3.05) is 11.5 Å². The summed E-state index contributed by atoms with van der Waals surface area (Å²) in [6, 6.07) is 4.57. The predicted octanol–water partition coefficient (Wildman–Crippen LogP) is 0.544. The van der Waals surface area contributed by atoms with Crippen LogP contribution in [0.1, 0.15) is 5.56 Å². The van der Waals surface area contributed by atoms with Crippen molar-refractivity contribution in [1.82, 2.24) is 4.72 Å². The molecule has 3 N–H and O–H groups in total. The second-order valence-corrected chi connectivity index (χ2v) is 6.98. The molecule has 0 bridgehead atoms. The van der Waals surface area contributed by atoms with Gasteiger partial charge in [0.1, 0.15) is 6.04 Å². The minimum absolute atomic E-state index is 0.0393. The maximum atomic E-state index is 12.1. The fourth-order valence-electron chi connectivity index (χ4n) is 1.39. The van der Waals surface area contributed by atoms with Gasteiger partial charge < -0.3 is 10.2 Å². The molecular formula is C12H15NO6S2. The van der Waals surface area contributed by atoms with E-state index in [0.717, 1.165) is 17.3 Å². The molecule has 0 saturated carbocycles. The van der Waals surface area contributed by atoms with Crippen LogP contribution in [0.4, 0.5) is 0 Å². The van der Waals surface area contributed by atoms with Crippen LogP contribution in [-0.4, -0.2) is 48.1 Å². The molecule has 0 aliphatic carbocycles. The van der Waals surface area contributed by atoms with E-state index in [2.05, 4.69) is 4.72 Å². The van der Waals surface area contributed by atoms with Gasteiger partial charge in [-0.15, -0.1) is 11.8 Å². The van der Waals surface area contributed by atoms with Crippen molar-refractivity contribution in [3.8, 4) is 0 Å². The Hall–Kier alpha value is -1.58. The van der Waals surface area contributed by atoms with E-state index in [-0.39, 0.29) is 16.4 Å². The number of thioether (sulfide) groups is 1. The molecule has 116 valence electrons. The molecule has 7 nitrogen and oxygen atoms in total. The van der Waals surface area contributed by atoms with E-state index in [0.29, 0.717) is 0 Å². The predicted molar refractivity (Wildman–Crippen MR) is 77.9 cm³/mol. The van der Waals surface area contributed by atoms with Gasteiger partial charge >= 0.3 is 11.9 Å². The second kappa shape index (κ2) is 7.43. The highest BCUT2D eigenvalue weighted by Crippen LogP contribution is 2.12. The molecule has 21 heavy (non-hydrogen) atoms. The lowest BCUT2D eigenvalue weighted by Gasteiger charge is -2.14. The molecule has 0 saturated heterocycles. The Bertz CT molecular complexity index is 611. The normalized spacial score (nSPS) is 12.8. The summed E-state index contributed by atoms with van der Waals surface area (Å²) in [4.78, 5) is 21.4. The van der Waals surface area contributed by atoms with Crippen molar-refractivity contribution >= 4 is 33.7 Å². The number of carboxylic acids is 2. The Balaban J connectivity index is 2.79. The SMILES string of the molecule is Cc1ccc(S(=O)(=O)NC(CSCC(=O)O)C(=O)O)cc1. The zero-order chi connectivity index (χ0) is 16.0. The standard InChI is InChI=1S/C12H15NO6S2/c1-8-2-4-9(5-3-8)21(18,19)13-10(12(16)17)6-20-7-11(14)15/h2-5,10,13H,6-7H2,1H3,(H,14,15)(H,16,17). The number of hydrogen-bond acceptors (Lipinski definition) is 5. The summed E-state index contributed by atoms with van der Waals surface area (Å²) in [6.45, 7) is 1.80. The smallest absolute Gasteiger partial charge is 0.322 e. The first-order chi connectivity index (χ1) is 9.72. The van der Waals surface area contributed by atoms with E-state index in [1.807, 2.05) is 0 Å². The van der Waals surface area contributed by atoms with Crippen LogP contribution < -0.4 is 4.72 Å². The summed E-state index contributed by atoms with van der Waals surface area (Å²) in [7, 11) is -3.96. The molecular weight excluding hydrogens is 318 g/mol. The molecule has 1 aromatic rings. The fraction of sp³-hybridized carbons (Fsp3) is 0.333. The molecule has 1 unspecified atom stereocenters. The highest BCUT2D eigenvalue weighted by molar-refractivity contribution is 8.00. The lowest BCUT2D eigenvalue weighted by Crippen LogP contribution is -2.42. The number of aliphatic carboxylic acids is 2. The monoisotopic (exact) mass is 333 g/mol. The van der Waals surface area contributed by atoms with E-state index in [9.17, 15) is 18.0 Å². The lowest BCUT2D eigenvalue weighted by molar-refractivity contribution is -0.138. The van der Waals surface area contributed by atoms with Crippen molar-refractivity contribution in [2.24, 2.45) is 0 Å². The molecule has 0 heterocycles. The summed E-state index contributed by atoms with van der Waals surface area (Å²) >= 11 is 0.829. The topological polar surface area (TPSA) is 121 Å². The Morgan fingerprint density at radius 3 is 2.29 bits per heavy atom. The molecule has 0 aliphatic rings. The van der Waals surface area contributed by atoms with Crippen molar-refractivity contribution < 1.29 is 28.2 Å². The van der Waals surface area contributed by atoms with Crippen molar-refractivity contribution in [2.45, 2.75) is 17.9 Å². The number of rotatable bonds is 8. The molecule has 1 aromatic carbocycles. The first-order valence-electron chi connectivity index (χ1n) is 5.83. The van der Waals surface area contributed by atoms with Gasteiger partial charge in [0.05, 0.1) is 10.6 Å². The number of aryl methyl sites for hydroxylation is 1. The molecule has 0 radical (unpaired) electrons. The molecule has 0 aliphatic heterocycles. The number of carboxylic acid groups (broad SMARTS) is 2. The van der Waals surface area contributed by atoms with Gasteiger partial charge in [0.15, 0.2) is 0 Å². The van der Waals surface area contributed by atoms with Crippen LogP contribution in [0.5, 0.6) is 0 Å². The Morgan fingerprint density at radius 1 is 1.24 bits per heavy atom. The molecule has 0 amide bonds. The van der Waals surface area contributed by atoms with Crippen molar-refractivity contribution in [3.63, 3.8) is 0 Å². The van der Waals surface area contributed by atoms with E-state index in [4.69, 9.17) is 10.2 Å². The Labute approximate surface area is 126 Å². The summed E-state index contributed by atoms with van der Waals surface area (Å²) in [5.74, 6) is -2.92. The third-order valence-electron chi connectivity index (χ3n) is 2.44. The first-order valence-corrected chi connectivity index (χ1v) is 8.47. The van der Waals surface area contributed by atoms with Crippen molar-refractivity contribution in [3.05, 3.63) is 29.8 Å². The van der Waals surface area contributed by atoms with Gasteiger partial charge in [0.25, 0.3) is 0 Å². The van der Waals surface area contributed by atoms with Crippen LogP contribution in [0, 0.1) is 6.92 Å². The summed E-state index contributed by atoms with van der Waals surface area (Å²) in [5, 5.41) is 17.5. The van der Waals surface area contributed by atoms with E-state index in [1.54, 1.807) is 19.1 Å². The largest absolute Gasteiger partial charge is 0.481 e. The van der Waals surface area contributed by atoms with Crippen LogP contribution in [0.2, 0.25) is 0 Å². The third kappa shape index (κ3) is 5.74. The zero-order valence-corrected chi connectivity index (χ0v) is 12.8. The lowest BCUT2D eigenvalue weighted by atomic mass is 10.2. The minimum Gasteiger partial charge on any atom is -0.481 e. The van der Waals surface area contributed by atoms with Gasteiger partial charge in [0.2, 0.25) is 10.0 Å². The quantitative estimate of drug-likeness (QED) is 0.635. The minimum atomic E-state index is -3.96. The number of sulfonamides is 1. The van der Waals surface area contributed by atoms with Crippen LogP contribution in [0.15, 0.2) is 29.2 Å². The average molecular weight is 333 g/mol. The van der Waals surface area contributed by atoms with Gasteiger partial charge in [-0.2, -0.15) is 4.72 Å². The van der Waals surface area contributed by atoms with Crippen LogP contribution in [-0.2, 0) is 19.6 Å². The molecule has 0 aromatic heterocycles. The van der Waals surface area contributed by atoms with Gasteiger partial charge in [-0.3, -0.25) is 9.59 Å². The summed E-state index contributed by atoms with van der Waals surface area (Å²) in [5.41, 5.74) is 0.876. The number of carbonyl (C=O) groups is 2.